The number of nitrogens with zero attached hydrogens (tertiary/aromatic N) is 1. The van der Waals surface area contributed by atoms with Gasteiger partial charge in [-0.05, 0) is 58.1 Å². The van der Waals surface area contributed by atoms with E-state index in [-0.39, 0.29) is 24.7 Å². The number of ether oxygens (including phenoxy) is 2. The number of alkyl carbamates (subject to hydrolysis) is 1. The lowest BCUT2D eigenvalue weighted by molar-refractivity contribution is -0.152. The second-order valence-corrected chi connectivity index (χ2v) is 11.3. The molecule has 1 aliphatic carbocycles. The molecule has 1 N–H and O–H groups in total. The number of likely N-dealkylation sites (N-methyl/N-ethyl adjacent to an activating group) is 1. The molecule has 0 unspecified atom stereocenters. The Balaban J connectivity index is 2.08. The Morgan fingerprint density at radius 3 is 2.32 bits per heavy atom. The number of nitrogens with one attached hydrogen (secondary N) is 1. The molecule has 1 aromatic carbocycles. The predicted octanol–water partition coefficient (Wildman–Crippen LogP) is 5.94. The number of amides is 1. The van der Waals surface area contributed by atoms with Crippen LogP contribution in [0.25, 0.3) is 0 Å². The third kappa shape index (κ3) is 10.9. The maximum Gasteiger partial charge on any atom is 0.407 e. The largest absolute Gasteiger partial charge is 0.460 e. The third-order valence-electron chi connectivity index (χ3n) is 6.29. The van der Waals surface area contributed by atoms with Gasteiger partial charge in [-0.2, -0.15) is 0 Å². The highest BCUT2D eigenvalue weighted by Gasteiger charge is 2.31. The summed E-state index contributed by atoms with van der Waals surface area (Å²) in [5.74, 6) is 0.750. The van der Waals surface area contributed by atoms with Crippen LogP contribution in [-0.4, -0.2) is 48.2 Å². The number of hydrogen-bond acceptors (Lipinski definition) is 5. The Morgan fingerprint density at radius 2 is 1.74 bits per heavy atom. The molecule has 1 amide bonds. The van der Waals surface area contributed by atoms with Crippen LogP contribution >= 0.6 is 0 Å². The lowest BCUT2D eigenvalue weighted by Crippen LogP contribution is -2.50. The summed E-state index contributed by atoms with van der Waals surface area (Å²) >= 11 is 0. The summed E-state index contributed by atoms with van der Waals surface area (Å²) in [6, 6.07) is 9.35. The van der Waals surface area contributed by atoms with Gasteiger partial charge in [-0.1, -0.05) is 76.3 Å². The summed E-state index contributed by atoms with van der Waals surface area (Å²) < 4.78 is 11.3. The number of rotatable bonds is 11. The molecular formula is C28H46N2O4. The van der Waals surface area contributed by atoms with Crippen molar-refractivity contribution in [3.05, 3.63) is 35.9 Å². The Morgan fingerprint density at radius 1 is 1.09 bits per heavy atom. The van der Waals surface area contributed by atoms with Gasteiger partial charge in [0.1, 0.15) is 18.2 Å². The average molecular weight is 475 g/mol. The summed E-state index contributed by atoms with van der Waals surface area (Å²) in [5.41, 5.74) is 0.433. The molecular weight excluding hydrogens is 428 g/mol. The van der Waals surface area contributed by atoms with Gasteiger partial charge in [0.15, 0.2) is 0 Å². The number of hydrogen-bond donors (Lipinski definition) is 1. The van der Waals surface area contributed by atoms with Gasteiger partial charge in [0.25, 0.3) is 0 Å². The van der Waals surface area contributed by atoms with Gasteiger partial charge in [-0.3, -0.25) is 9.69 Å². The number of esters is 1. The summed E-state index contributed by atoms with van der Waals surface area (Å²) in [6.07, 6.45) is 7.27. The molecule has 6 nitrogen and oxygen atoms in total. The van der Waals surface area contributed by atoms with Crippen LogP contribution in [-0.2, 0) is 20.9 Å². The van der Waals surface area contributed by atoms with Crippen molar-refractivity contribution in [1.29, 1.82) is 0 Å². The summed E-state index contributed by atoms with van der Waals surface area (Å²) in [7, 11) is 1.97. The third-order valence-corrected chi connectivity index (χ3v) is 6.29. The predicted molar refractivity (Wildman–Crippen MR) is 136 cm³/mol. The fourth-order valence-electron chi connectivity index (χ4n) is 4.72. The van der Waals surface area contributed by atoms with Crippen LogP contribution < -0.4 is 5.32 Å². The van der Waals surface area contributed by atoms with E-state index in [4.69, 9.17) is 9.47 Å². The Bertz CT molecular complexity index is 739. The number of carbonyl (C=O) groups is 2. The van der Waals surface area contributed by atoms with E-state index in [1.165, 1.54) is 32.1 Å². The van der Waals surface area contributed by atoms with Crippen LogP contribution in [0.3, 0.4) is 0 Å². The maximum atomic E-state index is 13.3. The minimum Gasteiger partial charge on any atom is -0.460 e. The van der Waals surface area contributed by atoms with Gasteiger partial charge in [0.2, 0.25) is 0 Å². The van der Waals surface area contributed by atoms with Gasteiger partial charge < -0.3 is 14.8 Å². The summed E-state index contributed by atoms with van der Waals surface area (Å²) in [4.78, 5) is 27.8. The first-order chi connectivity index (χ1) is 16.0. The zero-order valence-corrected chi connectivity index (χ0v) is 22.1. The molecule has 2 rings (SSSR count). The molecule has 0 spiro atoms. The highest BCUT2D eigenvalue weighted by molar-refractivity contribution is 5.75. The van der Waals surface area contributed by atoms with Gasteiger partial charge in [-0.15, -0.1) is 0 Å². The van der Waals surface area contributed by atoms with Crippen molar-refractivity contribution in [2.24, 2.45) is 11.8 Å². The normalized spacial score (nSPS) is 16.8. The van der Waals surface area contributed by atoms with Crippen molar-refractivity contribution in [3.63, 3.8) is 0 Å². The van der Waals surface area contributed by atoms with Crippen LogP contribution in [0.15, 0.2) is 30.3 Å². The monoisotopic (exact) mass is 474 g/mol. The molecule has 0 saturated heterocycles. The van der Waals surface area contributed by atoms with Crippen molar-refractivity contribution in [1.82, 2.24) is 10.2 Å². The highest BCUT2D eigenvalue weighted by Crippen LogP contribution is 2.29. The molecule has 0 radical (unpaired) electrons. The molecule has 2 atom stereocenters. The molecule has 6 heteroatoms. The van der Waals surface area contributed by atoms with E-state index in [2.05, 4.69) is 24.1 Å². The standard InChI is InChI=1S/C28H46N2O4/c1-21(2)17-24(29-27(32)34-28(3,4)5)19-30(6)25(18-22-13-9-7-10-14-22)26(31)33-20-23-15-11-8-12-16-23/h8,11-12,15-16,21-22,24-25H,7,9-10,13-14,17-20H2,1-6H3,(H,29,32)/t24-,25-/m0/s1. The SMILES string of the molecule is CC(C)C[C@@H](CN(C)[C@@H](CC1CCCCC1)C(=O)OCc1ccccc1)NC(=O)OC(C)(C)C. The molecule has 34 heavy (non-hydrogen) atoms. The first kappa shape index (κ1) is 28.2. The fraction of sp³-hybridized carbons (Fsp3) is 0.714. The highest BCUT2D eigenvalue weighted by atomic mass is 16.6. The molecule has 0 aliphatic heterocycles. The molecule has 1 aromatic rings. The van der Waals surface area contributed by atoms with E-state index < -0.39 is 11.7 Å². The van der Waals surface area contributed by atoms with Crippen LogP contribution in [0.5, 0.6) is 0 Å². The second kappa shape index (κ2) is 13.7. The van der Waals surface area contributed by atoms with Crippen molar-refractivity contribution in [2.45, 2.75) is 104 Å². The molecule has 1 saturated carbocycles. The van der Waals surface area contributed by atoms with E-state index in [0.29, 0.717) is 18.4 Å². The Labute approximate surface area is 206 Å². The van der Waals surface area contributed by atoms with Crippen molar-refractivity contribution < 1.29 is 19.1 Å². The summed E-state index contributed by atoms with van der Waals surface area (Å²) in [5, 5.41) is 3.04. The molecule has 1 aliphatic rings. The molecule has 0 aromatic heterocycles. The van der Waals surface area contributed by atoms with E-state index in [9.17, 15) is 9.59 Å². The van der Waals surface area contributed by atoms with Crippen molar-refractivity contribution in [2.75, 3.05) is 13.6 Å². The average Bonchev–Trinajstić information content (AvgIpc) is 2.75. The molecule has 192 valence electrons. The van der Waals surface area contributed by atoms with Crippen molar-refractivity contribution >= 4 is 12.1 Å². The first-order valence-electron chi connectivity index (χ1n) is 12.9. The smallest absolute Gasteiger partial charge is 0.407 e. The van der Waals surface area contributed by atoms with E-state index in [1.54, 1.807) is 0 Å². The van der Waals surface area contributed by atoms with Crippen LogP contribution in [0.4, 0.5) is 4.79 Å². The number of carbonyl (C=O) groups excluding carboxylic acids is 2. The zero-order chi connectivity index (χ0) is 25.1. The Hall–Kier alpha value is -2.08. The van der Waals surface area contributed by atoms with E-state index in [0.717, 1.165) is 18.4 Å². The van der Waals surface area contributed by atoms with Crippen molar-refractivity contribution in [3.8, 4) is 0 Å². The minimum absolute atomic E-state index is 0.115. The lowest BCUT2D eigenvalue weighted by Gasteiger charge is -2.34. The quantitative estimate of drug-likeness (QED) is 0.402. The summed E-state index contributed by atoms with van der Waals surface area (Å²) in [6.45, 7) is 10.7. The topological polar surface area (TPSA) is 67.9 Å². The zero-order valence-electron chi connectivity index (χ0n) is 22.1. The number of benzene rings is 1. The van der Waals surface area contributed by atoms with E-state index >= 15 is 0 Å². The molecule has 0 heterocycles. The van der Waals surface area contributed by atoms with Crippen LogP contribution in [0.2, 0.25) is 0 Å². The van der Waals surface area contributed by atoms with Gasteiger partial charge in [0, 0.05) is 12.6 Å². The Kier molecular flexibility index (Phi) is 11.4. The maximum absolute atomic E-state index is 13.3. The van der Waals surface area contributed by atoms with Crippen LogP contribution in [0.1, 0.15) is 85.1 Å². The molecule has 0 bridgehead atoms. The van der Waals surface area contributed by atoms with Crippen LogP contribution in [0, 0.1) is 11.8 Å². The van der Waals surface area contributed by atoms with E-state index in [1.807, 2.05) is 58.2 Å². The molecule has 1 fully saturated rings. The second-order valence-electron chi connectivity index (χ2n) is 11.3. The lowest BCUT2D eigenvalue weighted by atomic mass is 9.84. The van der Waals surface area contributed by atoms with Gasteiger partial charge in [0.05, 0.1) is 0 Å². The van der Waals surface area contributed by atoms with Gasteiger partial charge in [-0.25, -0.2) is 4.79 Å². The first-order valence-corrected chi connectivity index (χ1v) is 12.9. The minimum atomic E-state index is -0.552. The fourth-order valence-corrected chi connectivity index (χ4v) is 4.72. The van der Waals surface area contributed by atoms with Gasteiger partial charge >= 0.3 is 12.1 Å².